The van der Waals surface area contributed by atoms with E-state index in [4.69, 9.17) is 4.74 Å². The maximum atomic E-state index is 12.1. The highest BCUT2D eigenvalue weighted by atomic mass is 32.1. The van der Waals surface area contributed by atoms with Crippen molar-refractivity contribution in [2.45, 2.75) is 18.9 Å². The summed E-state index contributed by atoms with van der Waals surface area (Å²) in [6.07, 6.45) is 2.08. The molecule has 0 bridgehead atoms. The lowest BCUT2D eigenvalue weighted by atomic mass is 10.2. The van der Waals surface area contributed by atoms with Crippen LogP contribution in [0.4, 0.5) is 5.82 Å². The number of hydrogen-bond acceptors (Lipinski definition) is 5. The van der Waals surface area contributed by atoms with Crippen molar-refractivity contribution in [1.82, 2.24) is 15.1 Å². The van der Waals surface area contributed by atoms with Crippen LogP contribution in [-0.4, -0.2) is 40.9 Å². The number of carbonyl (C=O) groups is 2. The van der Waals surface area contributed by atoms with Crippen LogP contribution in [-0.2, 0) is 11.8 Å². The molecule has 1 aliphatic rings. The van der Waals surface area contributed by atoms with E-state index in [2.05, 4.69) is 15.7 Å². The number of nitrogens with zero attached hydrogens (tertiary/aromatic N) is 2. The first-order valence-corrected chi connectivity index (χ1v) is 8.30. The molecule has 1 aliphatic heterocycles. The summed E-state index contributed by atoms with van der Waals surface area (Å²) in [6.45, 7) is 1.23. The van der Waals surface area contributed by atoms with Crippen molar-refractivity contribution in [3.05, 3.63) is 34.2 Å². The molecule has 2 aromatic heterocycles. The Balaban J connectivity index is 1.60. The molecule has 1 atom stereocenters. The van der Waals surface area contributed by atoms with E-state index in [0.717, 1.165) is 19.4 Å². The summed E-state index contributed by atoms with van der Waals surface area (Å²) in [5.41, 5.74) is 0.270. The molecular formula is C15H18N4O3S. The number of rotatable bonds is 5. The van der Waals surface area contributed by atoms with Gasteiger partial charge in [0.25, 0.3) is 11.8 Å². The molecule has 2 aromatic rings. The molecule has 0 aliphatic carbocycles. The fourth-order valence-electron chi connectivity index (χ4n) is 2.38. The normalized spacial score (nSPS) is 17.2. The van der Waals surface area contributed by atoms with Crippen molar-refractivity contribution in [3.63, 3.8) is 0 Å². The summed E-state index contributed by atoms with van der Waals surface area (Å²) in [7, 11) is 1.68. The minimum atomic E-state index is -0.271. The molecule has 0 radical (unpaired) electrons. The van der Waals surface area contributed by atoms with Crippen LogP contribution in [0.2, 0.25) is 0 Å². The maximum absolute atomic E-state index is 12.1. The van der Waals surface area contributed by atoms with Gasteiger partial charge in [-0.2, -0.15) is 5.10 Å². The lowest BCUT2D eigenvalue weighted by Gasteiger charge is -2.09. The number of aryl methyl sites for hydroxylation is 1. The monoisotopic (exact) mass is 334 g/mol. The Kier molecular flexibility index (Phi) is 4.73. The highest BCUT2D eigenvalue weighted by Crippen LogP contribution is 2.15. The number of thiophene rings is 1. The summed E-state index contributed by atoms with van der Waals surface area (Å²) in [5.74, 6) is -0.00676. The molecular weight excluding hydrogens is 316 g/mol. The Labute approximate surface area is 137 Å². The predicted molar refractivity (Wildman–Crippen MR) is 86.8 cm³/mol. The van der Waals surface area contributed by atoms with Gasteiger partial charge in [0.2, 0.25) is 0 Å². The van der Waals surface area contributed by atoms with Gasteiger partial charge in [0.05, 0.1) is 11.0 Å². The zero-order chi connectivity index (χ0) is 16.2. The van der Waals surface area contributed by atoms with Crippen LogP contribution < -0.4 is 10.6 Å². The molecule has 2 amide bonds. The highest BCUT2D eigenvalue weighted by molar-refractivity contribution is 7.12. The van der Waals surface area contributed by atoms with E-state index in [1.165, 1.54) is 16.0 Å². The van der Waals surface area contributed by atoms with Gasteiger partial charge < -0.3 is 15.4 Å². The molecule has 0 saturated carbocycles. The average Bonchev–Trinajstić information content (AvgIpc) is 3.27. The summed E-state index contributed by atoms with van der Waals surface area (Å²) >= 11 is 1.36. The summed E-state index contributed by atoms with van der Waals surface area (Å²) in [6, 6.07) is 5.12. The number of nitrogens with one attached hydrogen (secondary N) is 2. The van der Waals surface area contributed by atoms with Gasteiger partial charge in [-0.15, -0.1) is 11.3 Å². The van der Waals surface area contributed by atoms with Gasteiger partial charge in [-0.3, -0.25) is 14.3 Å². The molecule has 7 nitrogen and oxygen atoms in total. The highest BCUT2D eigenvalue weighted by Gasteiger charge is 2.19. The quantitative estimate of drug-likeness (QED) is 0.870. The first-order valence-electron chi connectivity index (χ1n) is 7.42. The Morgan fingerprint density at radius 1 is 1.48 bits per heavy atom. The van der Waals surface area contributed by atoms with Crippen molar-refractivity contribution in [2.24, 2.45) is 7.05 Å². The zero-order valence-corrected chi connectivity index (χ0v) is 13.6. The topological polar surface area (TPSA) is 85.2 Å². The number of ether oxygens (including phenoxy) is 1. The van der Waals surface area contributed by atoms with Crippen molar-refractivity contribution in [2.75, 3.05) is 18.5 Å². The molecule has 0 unspecified atom stereocenters. The summed E-state index contributed by atoms with van der Waals surface area (Å²) in [4.78, 5) is 24.8. The lowest BCUT2D eigenvalue weighted by molar-refractivity contribution is 0.0853. The number of amides is 2. The van der Waals surface area contributed by atoms with Crippen molar-refractivity contribution < 1.29 is 14.3 Å². The van der Waals surface area contributed by atoms with Gasteiger partial charge in [0, 0.05) is 26.3 Å². The molecule has 3 heterocycles. The van der Waals surface area contributed by atoms with Crippen LogP contribution in [0.3, 0.4) is 0 Å². The van der Waals surface area contributed by atoms with Gasteiger partial charge in [-0.25, -0.2) is 0 Å². The van der Waals surface area contributed by atoms with Crippen molar-refractivity contribution in [1.29, 1.82) is 0 Å². The van der Waals surface area contributed by atoms with Gasteiger partial charge in [-0.05, 0) is 24.3 Å². The average molecular weight is 334 g/mol. The number of hydrogen-bond donors (Lipinski definition) is 2. The van der Waals surface area contributed by atoms with Gasteiger partial charge in [0.15, 0.2) is 5.69 Å². The largest absolute Gasteiger partial charge is 0.376 e. The fraction of sp³-hybridized carbons (Fsp3) is 0.400. The second-order valence-electron chi connectivity index (χ2n) is 5.31. The summed E-state index contributed by atoms with van der Waals surface area (Å²) in [5, 5.41) is 11.5. The van der Waals surface area contributed by atoms with Crippen LogP contribution in [0.25, 0.3) is 0 Å². The van der Waals surface area contributed by atoms with Gasteiger partial charge >= 0.3 is 0 Å². The second kappa shape index (κ2) is 6.93. The Bertz CT molecular complexity index is 690. The second-order valence-corrected chi connectivity index (χ2v) is 6.26. The molecule has 1 fully saturated rings. The number of anilines is 1. The zero-order valence-electron chi connectivity index (χ0n) is 12.7. The number of aromatic nitrogens is 2. The Morgan fingerprint density at radius 2 is 2.35 bits per heavy atom. The Morgan fingerprint density at radius 3 is 3.04 bits per heavy atom. The van der Waals surface area contributed by atoms with Gasteiger partial charge in [-0.1, -0.05) is 6.07 Å². The first-order chi connectivity index (χ1) is 11.1. The summed E-state index contributed by atoms with van der Waals surface area (Å²) < 4.78 is 6.94. The van der Waals surface area contributed by atoms with Crippen LogP contribution in [0.1, 0.15) is 33.0 Å². The molecule has 2 N–H and O–H groups in total. The van der Waals surface area contributed by atoms with Crippen molar-refractivity contribution >= 4 is 29.0 Å². The minimum Gasteiger partial charge on any atom is -0.376 e. The van der Waals surface area contributed by atoms with Crippen LogP contribution in [0.15, 0.2) is 23.6 Å². The van der Waals surface area contributed by atoms with Crippen LogP contribution in [0.5, 0.6) is 0 Å². The van der Waals surface area contributed by atoms with E-state index in [1.54, 1.807) is 19.2 Å². The van der Waals surface area contributed by atoms with E-state index in [9.17, 15) is 9.59 Å². The molecule has 1 saturated heterocycles. The van der Waals surface area contributed by atoms with Crippen molar-refractivity contribution in [3.8, 4) is 0 Å². The van der Waals surface area contributed by atoms with E-state index >= 15 is 0 Å². The predicted octanol–water partition coefficient (Wildman–Crippen LogP) is 1.64. The van der Waals surface area contributed by atoms with Gasteiger partial charge in [0.1, 0.15) is 5.82 Å². The van der Waals surface area contributed by atoms with E-state index in [0.29, 0.717) is 17.2 Å². The first kappa shape index (κ1) is 15.7. The molecule has 3 rings (SSSR count). The number of carbonyl (C=O) groups excluding carboxylic acids is 2. The molecule has 122 valence electrons. The fourth-order valence-corrected chi connectivity index (χ4v) is 3.00. The Hall–Kier alpha value is -2.19. The van der Waals surface area contributed by atoms with E-state index in [-0.39, 0.29) is 23.6 Å². The SMILES string of the molecule is Cn1nc(C(=O)NC[C@@H]2CCCO2)cc1NC(=O)c1cccs1. The van der Waals surface area contributed by atoms with E-state index in [1.807, 2.05) is 11.4 Å². The minimum absolute atomic E-state index is 0.0839. The third kappa shape index (κ3) is 3.77. The molecule has 8 heteroatoms. The molecule has 0 aromatic carbocycles. The lowest BCUT2D eigenvalue weighted by Crippen LogP contribution is -2.32. The van der Waals surface area contributed by atoms with Crippen LogP contribution >= 0.6 is 11.3 Å². The molecule has 0 spiro atoms. The third-order valence-electron chi connectivity index (χ3n) is 3.61. The maximum Gasteiger partial charge on any atom is 0.271 e. The molecule has 23 heavy (non-hydrogen) atoms. The standard InChI is InChI=1S/C15H18N4O3S/c1-19-13(17-15(21)12-5-3-7-23-12)8-11(18-19)14(20)16-9-10-4-2-6-22-10/h3,5,7-8,10H,2,4,6,9H2,1H3,(H,16,20)(H,17,21)/t10-/m0/s1. The van der Waals surface area contributed by atoms with Crippen LogP contribution in [0, 0.1) is 0 Å². The smallest absolute Gasteiger partial charge is 0.271 e. The third-order valence-corrected chi connectivity index (χ3v) is 4.48. The van der Waals surface area contributed by atoms with E-state index < -0.39 is 0 Å².